The number of hydrogen-bond acceptors (Lipinski definition) is 4. The molecule has 136 valence electrons. The summed E-state index contributed by atoms with van der Waals surface area (Å²) in [5.41, 5.74) is 0.374. The van der Waals surface area contributed by atoms with Gasteiger partial charge in [-0.05, 0) is 37.8 Å². The van der Waals surface area contributed by atoms with Gasteiger partial charge in [-0.15, -0.1) is 0 Å². The normalized spacial score (nSPS) is 18.8. The molecule has 1 N–H and O–H groups in total. The highest BCUT2D eigenvalue weighted by Gasteiger charge is 2.31. The Kier molecular flexibility index (Phi) is 5.10. The second-order valence-corrected chi connectivity index (χ2v) is 8.54. The SMILES string of the molecule is CC(=O)c1cccc(S(=O)(=O)N2CCN(C(=O)NCC3CC3)CC2)c1. The lowest BCUT2D eigenvalue weighted by Gasteiger charge is -2.34. The van der Waals surface area contributed by atoms with Crippen LogP contribution in [0.4, 0.5) is 4.79 Å². The van der Waals surface area contributed by atoms with Crippen molar-refractivity contribution in [2.24, 2.45) is 5.92 Å². The predicted molar refractivity (Wildman–Crippen MR) is 92.9 cm³/mol. The molecule has 1 saturated heterocycles. The number of rotatable bonds is 5. The van der Waals surface area contributed by atoms with E-state index < -0.39 is 10.0 Å². The number of sulfonamides is 1. The Morgan fingerprint density at radius 3 is 2.44 bits per heavy atom. The number of carbonyl (C=O) groups excluding carboxylic acids is 2. The fourth-order valence-corrected chi connectivity index (χ4v) is 4.29. The molecule has 1 aromatic rings. The first-order valence-corrected chi connectivity index (χ1v) is 9.96. The van der Waals surface area contributed by atoms with E-state index in [1.54, 1.807) is 17.0 Å². The largest absolute Gasteiger partial charge is 0.338 e. The number of hydrogen-bond donors (Lipinski definition) is 1. The molecular formula is C17H23N3O4S. The van der Waals surface area contributed by atoms with Crippen molar-refractivity contribution in [1.82, 2.24) is 14.5 Å². The Hall–Kier alpha value is -1.93. The lowest BCUT2D eigenvalue weighted by atomic mass is 10.2. The van der Waals surface area contributed by atoms with Gasteiger partial charge in [0.2, 0.25) is 10.0 Å². The highest BCUT2D eigenvalue weighted by Crippen LogP contribution is 2.27. The minimum Gasteiger partial charge on any atom is -0.338 e. The Bertz CT molecular complexity index is 766. The quantitative estimate of drug-likeness (QED) is 0.797. The molecule has 7 nitrogen and oxygen atoms in total. The molecule has 0 atom stereocenters. The van der Waals surface area contributed by atoms with Gasteiger partial charge in [0.1, 0.15) is 0 Å². The van der Waals surface area contributed by atoms with Crippen LogP contribution in [-0.2, 0) is 10.0 Å². The summed E-state index contributed by atoms with van der Waals surface area (Å²) in [5, 5.41) is 2.90. The first-order chi connectivity index (χ1) is 11.9. The van der Waals surface area contributed by atoms with Gasteiger partial charge in [-0.25, -0.2) is 13.2 Å². The molecule has 0 bridgehead atoms. The third kappa shape index (κ3) is 4.19. The van der Waals surface area contributed by atoms with E-state index in [9.17, 15) is 18.0 Å². The summed E-state index contributed by atoms with van der Waals surface area (Å²) >= 11 is 0. The molecule has 1 aromatic carbocycles. The van der Waals surface area contributed by atoms with Gasteiger partial charge in [-0.2, -0.15) is 4.31 Å². The molecule has 2 amide bonds. The molecule has 0 unspecified atom stereocenters. The number of nitrogens with one attached hydrogen (secondary N) is 1. The van der Waals surface area contributed by atoms with Crippen molar-refractivity contribution in [3.63, 3.8) is 0 Å². The average Bonchev–Trinajstić information content (AvgIpc) is 3.44. The van der Waals surface area contributed by atoms with Gasteiger partial charge in [0.15, 0.2) is 5.78 Å². The lowest BCUT2D eigenvalue weighted by Crippen LogP contribution is -2.53. The lowest BCUT2D eigenvalue weighted by molar-refractivity contribution is 0.101. The third-order valence-electron chi connectivity index (χ3n) is 4.64. The van der Waals surface area contributed by atoms with Crippen LogP contribution < -0.4 is 5.32 Å². The van der Waals surface area contributed by atoms with Crippen LogP contribution in [0.15, 0.2) is 29.2 Å². The molecule has 0 radical (unpaired) electrons. The fourth-order valence-electron chi connectivity index (χ4n) is 2.82. The van der Waals surface area contributed by atoms with Gasteiger partial charge in [-0.1, -0.05) is 12.1 Å². The van der Waals surface area contributed by atoms with E-state index in [-0.39, 0.29) is 29.8 Å². The Morgan fingerprint density at radius 2 is 1.84 bits per heavy atom. The third-order valence-corrected chi connectivity index (χ3v) is 6.54. The van der Waals surface area contributed by atoms with Crippen LogP contribution in [0.5, 0.6) is 0 Å². The van der Waals surface area contributed by atoms with Gasteiger partial charge in [-0.3, -0.25) is 4.79 Å². The van der Waals surface area contributed by atoms with Crippen molar-refractivity contribution in [2.45, 2.75) is 24.7 Å². The van der Waals surface area contributed by atoms with Gasteiger partial charge in [0.05, 0.1) is 4.90 Å². The molecule has 1 saturated carbocycles. The van der Waals surface area contributed by atoms with Crippen LogP contribution in [0, 0.1) is 5.92 Å². The molecular weight excluding hydrogens is 342 g/mol. The van der Waals surface area contributed by atoms with Crippen molar-refractivity contribution in [1.29, 1.82) is 0 Å². The number of carbonyl (C=O) groups is 2. The fraction of sp³-hybridized carbons (Fsp3) is 0.529. The first-order valence-electron chi connectivity index (χ1n) is 8.52. The van der Waals surface area contributed by atoms with Gasteiger partial charge < -0.3 is 10.2 Å². The number of piperazine rings is 1. The van der Waals surface area contributed by atoms with E-state index in [0.29, 0.717) is 31.1 Å². The summed E-state index contributed by atoms with van der Waals surface area (Å²) in [6.45, 7) is 3.34. The summed E-state index contributed by atoms with van der Waals surface area (Å²) in [4.78, 5) is 25.3. The zero-order chi connectivity index (χ0) is 18.0. The van der Waals surface area contributed by atoms with Crippen molar-refractivity contribution >= 4 is 21.8 Å². The summed E-state index contributed by atoms with van der Waals surface area (Å²) in [6, 6.07) is 5.96. The predicted octanol–water partition coefficient (Wildman–Crippen LogP) is 1.32. The van der Waals surface area contributed by atoms with E-state index in [2.05, 4.69) is 5.32 Å². The van der Waals surface area contributed by atoms with Gasteiger partial charge in [0.25, 0.3) is 0 Å². The van der Waals surface area contributed by atoms with Crippen LogP contribution in [0.2, 0.25) is 0 Å². The van der Waals surface area contributed by atoms with E-state index in [4.69, 9.17) is 0 Å². The van der Waals surface area contributed by atoms with Crippen LogP contribution >= 0.6 is 0 Å². The van der Waals surface area contributed by atoms with E-state index in [1.165, 1.54) is 36.2 Å². The molecule has 1 heterocycles. The van der Waals surface area contributed by atoms with E-state index in [1.807, 2.05) is 0 Å². The molecule has 2 aliphatic rings. The maximum absolute atomic E-state index is 12.8. The second-order valence-electron chi connectivity index (χ2n) is 6.60. The zero-order valence-corrected chi connectivity index (χ0v) is 15.1. The van der Waals surface area contributed by atoms with E-state index >= 15 is 0 Å². The topological polar surface area (TPSA) is 86.8 Å². The Labute approximate surface area is 148 Å². The molecule has 3 rings (SSSR count). The maximum Gasteiger partial charge on any atom is 0.317 e. The molecule has 0 aromatic heterocycles. The molecule has 8 heteroatoms. The molecule has 25 heavy (non-hydrogen) atoms. The number of ketones is 1. The van der Waals surface area contributed by atoms with Gasteiger partial charge in [0, 0.05) is 38.3 Å². The summed E-state index contributed by atoms with van der Waals surface area (Å²) in [7, 11) is -3.66. The highest BCUT2D eigenvalue weighted by molar-refractivity contribution is 7.89. The zero-order valence-electron chi connectivity index (χ0n) is 14.3. The van der Waals surface area contributed by atoms with Crippen molar-refractivity contribution in [2.75, 3.05) is 32.7 Å². The second kappa shape index (κ2) is 7.13. The Morgan fingerprint density at radius 1 is 1.16 bits per heavy atom. The molecule has 1 aliphatic heterocycles. The van der Waals surface area contributed by atoms with E-state index in [0.717, 1.165) is 0 Å². The van der Waals surface area contributed by atoms with Crippen molar-refractivity contribution in [3.8, 4) is 0 Å². The average molecular weight is 365 g/mol. The molecule has 1 aliphatic carbocycles. The minimum absolute atomic E-state index is 0.117. The number of amides is 2. The Balaban J connectivity index is 1.62. The number of nitrogens with zero attached hydrogens (tertiary/aromatic N) is 2. The summed E-state index contributed by atoms with van der Waals surface area (Å²) in [6.07, 6.45) is 2.34. The van der Waals surface area contributed by atoms with Crippen LogP contribution in [0.3, 0.4) is 0 Å². The highest BCUT2D eigenvalue weighted by atomic mass is 32.2. The summed E-state index contributed by atoms with van der Waals surface area (Å²) < 4.78 is 26.9. The molecule has 0 spiro atoms. The maximum atomic E-state index is 12.8. The van der Waals surface area contributed by atoms with Crippen LogP contribution in [-0.4, -0.2) is 62.2 Å². The minimum atomic E-state index is -3.66. The van der Waals surface area contributed by atoms with Crippen molar-refractivity contribution < 1.29 is 18.0 Å². The number of Topliss-reactive ketones (excluding diaryl/α,β-unsaturated/α-hetero) is 1. The van der Waals surface area contributed by atoms with Crippen LogP contribution in [0.25, 0.3) is 0 Å². The number of urea groups is 1. The standard InChI is InChI=1S/C17H23N3O4S/c1-13(21)15-3-2-4-16(11-15)25(23,24)20-9-7-19(8-10-20)17(22)18-12-14-5-6-14/h2-4,11,14H,5-10,12H2,1H3,(H,18,22). The number of benzene rings is 1. The van der Waals surface area contributed by atoms with Crippen molar-refractivity contribution in [3.05, 3.63) is 29.8 Å². The monoisotopic (exact) mass is 365 g/mol. The molecule has 2 fully saturated rings. The summed E-state index contributed by atoms with van der Waals surface area (Å²) in [5.74, 6) is 0.438. The van der Waals surface area contributed by atoms with Crippen LogP contribution in [0.1, 0.15) is 30.1 Å². The smallest absolute Gasteiger partial charge is 0.317 e. The first kappa shape index (κ1) is 17.9. The van der Waals surface area contributed by atoms with Gasteiger partial charge >= 0.3 is 6.03 Å².